The van der Waals surface area contributed by atoms with Crippen molar-refractivity contribution in [2.75, 3.05) is 6.26 Å². The zero-order chi connectivity index (χ0) is 17.6. The highest BCUT2D eigenvalue weighted by Crippen LogP contribution is 2.46. The molecule has 128 valence electrons. The summed E-state index contributed by atoms with van der Waals surface area (Å²) >= 11 is 0. The number of hydrogen-bond donors (Lipinski definition) is 0. The van der Waals surface area contributed by atoms with Gasteiger partial charge in [0.05, 0.1) is 5.56 Å². The third-order valence-electron chi connectivity index (χ3n) is 3.35. The van der Waals surface area contributed by atoms with Crippen LogP contribution in [-0.2, 0) is 22.2 Å². The van der Waals surface area contributed by atoms with Gasteiger partial charge in [-0.15, -0.1) is 0 Å². The zero-order valence-corrected chi connectivity index (χ0v) is 12.5. The molecule has 0 bridgehead atoms. The maximum absolute atomic E-state index is 13.4. The van der Waals surface area contributed by atoms with Crippen LogP contribution in [-0.4, -0.2) is 19.7 Å². The fourth-order valence-corrected chi connectivity index (χ4v) is 3.32. The molecule has 0 spiro atoms. The van der Waals surface area contributed by atoms with E-state index in [2.05, 4.69) is 4.98 Å². The van der Waals surface area contributed by atoms with Gasteiger partial charge in [0.15, 0.2) is 14.9 Å². The molecule has 1 aliphatic rings. The number of allylic oxidation sites excluding steroid dienone is 2. The first kappa shape index (κ1) is 17.8. The van der Waals surface area contributed by atoms with Gasteiger partial charge in [-0.3, -0.25) is 0 Å². The molecule has 0 atom stereocenters. The first-order valence-corrected chi connectivity index (χ1v) is 8.29. The van der Waals surface area contributed by atoms with Crippen molar-refractivity contribution in [2.24, 2.45) is 0 Å². The third-order valence-corrected chi connectivity index (χ3v) is 4.36. The van der Waals surface area contributed by atoms with Crippen LogP contribution in [0.5, 0.6) is 0 Å². The lowest BCUT2D eigenvalue weighted by Gasteiger charge is -2.21. The van der Waals surface area contributed by atoms with Crippen molar-refractivity contribution in [3.63, 3.8) is 0 Å². The Labute approximate surface area is 127 Å². The van der Waals surface area contributed by atoms with Gasteiger partial charge in [0.1, 0.15) is 5.56 Å². The van der Waals surface area contributed by atoms with E-state index in [1.165, 1.54) is 6.08 Å². The highest BCUT2D eigenvalue weighted by Gasteiger charge is 2.46. The molecule has 3 nitrogen and oxygen atoms in total. The predicted molar refractivity (Wildman–Crippen MR) is 69.2 cm³/mol. The van der Waals surface area contributed by atoms with Crippen molar-refractivity contribution in [3.8, 4) is 0 Å². The Bertz CT molecular complexity index is 762. The lowest BCUT2D eigenvalue weighted by atomic mass is 9.95. The maximum atomic E-state index is 13.4. The number of rotatable bonds is 2. The highest BCUT2D eigenvalue weighted by molar-refractivity contribution is 7.90. The number of hydrogen-bond acceptors (Lipinski definition) is 3. The largest absolute Gasteiger partial charge is 0.419 e. The Hall–Kier alpha value is -1.58. The minimum atomic E-state index is -5.29. The first-order valence-electron chi connectivity index (χ1n) is 6.40. The van der Waals surface area contributed by atoms with E-state index >= 15 is 0 Å². The van der Waals surface area contributed by atoms with Crippen LogP contribution in [0, 0.1) is 0 Å². The van der Waals surface area contributed by atoms with E-state index in [0.29, 0.717) is 19.1 Å². The minimum Gasteiger partial charge on any atom is -0.244 e. The Kier molecular flexibility index (Phi) is 4.25. The molecule has 2 rings (SSSR count). The van der Waals surface area contributed by atoms with Crippen molar-refractivity contribution in [3.05, 3.63) is 29.0 Å². The molecule has 1 aromatic heterocycles. The van der Waals surface area contributed by atoms with Crippen LogP contribution in [0.15, 0.2) is 17.3 Å². The van der Waals surface area contributed by atoms with E-state index < -0.39 is 43.9 Å². The number of alkyl halides is 6. The molecule has 1 heterocycles. The summed E-state index contributed by atoms with van der Waals surface area (Å²) in [5, 5.41) is -1.39. The summed E-state index contributed by atoms with van der Waals surface area (Å²) in [6, 6.07) is 0. The van der Waals surface area contributed by atoms with Crippen LogP contribution in [0.4, 0.5) is 26.3 Å². The molecule has 1 aromatic rings. The van der Waals surface area contributed by atoms with Gasteiger partial charge in [-0.05, 0) is 24.8 Å². The summed E-state index contributed by atoms with van der Waals surface area (Å²) in [6.45, 7) is 0. The van der Waals surface area contributed by atoms with Gasteiger partial charge in [0.25, 0.3) is 0 Å². The second-order valence-corrected chi connectivity index (χ2v) is 7.05. The van der Waals surface area contributed by atoms with Gasteiger partial charge in [0, 0.05) is 18.0 Å². The lowest BCUT2D eigenvalue weighted by molar-refractivity contribution is -0.145. The molecule has 0 aliphatic heterocycles. The van der Waals surface area contributed by atoms with E-state index in [0.717, 1.165) is 0 Å². The van der Waals surface area contributed by atoms with Crippen LogP contribution >= 0.6 is 0 Å². The van der Waals surface area contributed by atoms with Gasteiger partial charge < -0.3 is 0 Å². The van der Waals surface area contributed by atoms with Gasteiger partial charge >= 0.3 is 12.4 Å². The Balaban J connectivity index is 2.97. The van der Waals surface area contributed by atoms with E-state index in [1.54, 1.807) is 0 Å². The molecule has 0 fully saturated rings. The fourth-order valence-electron chi connectivity index (χ4n) is 2.48. The SMILES string of the molecule is CS(=O)(=O)c1ncc(C(F)(F)F)c(C2=CCCC2)c1C(F)(F)F. The average molecular weight is 359 g/mol. The lowest BCUT2D eigenvalue weighted by Crippen LogP contribution is -2.21. The standard InChI is InChI=1S/C13H11F6NO2S/c1-23(21,22)11-10(13(17,18)19)9(7-4-2-3-5-7)8(6-20-11)12(14,15)16/h4,6H,2-3,5H2,1H3. The normalized spacial score (nSPS) is 16.6. The summed E-state index contributed by atoms with van der Waals surface area (Å²) in [5.41, 5.74) is -4.71. The second-order valence-electron chi connectivity index (χ2n) is 5.12. The van der Waals surface area contributed by atoms with Crippen LogP contribution in [0.3, 0.4) is 0 Å². The van der Waals surface area contributed by atoms with Crippen LogP contribution in [0.1, 0.15) is 36.0 Å². The molecule has 0 saturated carbocycles. The van der Waals surface area contributed by atoms with Crippen LogP contribution < -0.4 is 0 Å². The zero-order valence-electron chi connectivity index (χ0n) is 11.7. The van der Waals surface area contributed by atoms with E-state index in [9.17, 15) is 34.8 Å². The van der Waals surface area contributed by atoms with Crippen molar-refractivity contribution in [1.29, 1.82) is 0 Å². The first-order chi connectivity index (χ1) is 10.3. The topological polar surface area (TPSA) is 47.0 Å². The second kappa shape index (κ2) is 5.50. The summed E-state index contributed by atoms with van der Waals surface area (Å²) in [4.78, 5) is 2.96. The number of halogens is 6. The Morgan fingerprint density at radius 3 is 2.09 bits per heavy atom. The molecule has 23 heavy (non-hydrogen) atoms. The molecule has 0 radical (unpaired) electrons. The Morgan fingerprint density at radius 2 is 1.70 bits per heavy atom. The number of aromatic nitrogens is 1. The van der Waals surface area contributed by atoms with E-state index in [1.807, 2.05) is 0 Å². The van der Waals surface area contributed by atoms with Crippen LogP contribution in [0.25, 0.3) is 5.57 Å². The number of nitrogens with zero attached hydrogens (tertiary/aromatic N) is 1. The van der Waals surface area contributed by atoms with Gasteiger partial charge in [0.2, 0.25) is 0 Å². The summed E-state index contributed by atoms with van der Waals surface area (Å²) in [6.07, 6.45) is -7.72. The molecule has 0 amide bonds. The van der Waals surface area contributed by atoms with Crippen LogP contribution in [0.2, 0.25) is 0 Å². The summed E-state index contributed by atoms with van der Waals surface area (Å²) in [5.74, 6) is 0. The summed E-state index contributed by atoms with van der Waals surface area (Å²) in [7, 11) is -4.46. The minimum absolute atomic E-state index is 0.0133. The van der Waals surface area contributed by atoms with Crippen molar-refractivity contribution >= 4 is 15.4 Å². The van der Waals surface area contributed by atoms with Crippen molar-refractivity contribution in [2.45, 2.75) is 36.6 Å². The maximum Gasteiger partial charge on any atom is 0.419 e. The van der Waals surface area contributed by atoms with Gasteiger partial charge in [-0.25, -0.2) is 13.4 Å². The van der Waals surface area contributed by atoms with Crippen molar-refractivity contribution in [1.82, 2.24) is 4.98 Å². The Morgan fingerprint density at radius 1 is 1.09 bits per heavy atom. The fraction of sp³-hybridized carbons (Fsp3) is 0.462. The van der Waals surface area contributed by atoms with Gasteiger partial charge in [-0.2, -0.15) is 26.3 Å². The molecule has 10 heteroatoms. The van der Waals surface area contributed by atoms with E-state index in [4.69, 9.17) is 0 Å². The molecule has 0 unspecified atom stereocenters. The monoisotopic (exact) mass is 359 g/mol. The molecule has 1 aliphatic carbocycles. The predicted octanol–water partition coefficient (Wildman–Crippen LogP) is 4.09. The molecule has 0 saturated heterocycles. The smallest absolute Gasteiger partial charge is 0.244 e. The van der Waals surface area contributed by atoms with E-state index in [-0.39, 0.29) is 18.2 Å². The molecule has 0 aromatic carbocycles. The molecule has 0 N–H and O–H groups in total. The van der Waals surface area contributed by atoms with Crippen molar-refractivity contribution < 1.29 is 34.8 Å². The van der Waals surface area contributed by atoms with Gasteiger partial charge in [-0.1, -0.05) is 6.08 Å². The molecular weight excluding hydrogens is 348 g/mol. The quantitative estimate of drug-likeness (QED) is 0.748. The number of pyridine rings is 1. The summed E-state index contributed by atoms with van der Waals surface area (Å²) < 4.78 is 103. The average Bonchev–Trinajstić information content (AvgIpc) is 2.87. The number of sulfone groups is 1. The molecular formula is C13H11F6NO2S. The third kappa shape index (κ3) is 3.51. The highest BCUT2D eigenvalue weighted by atomic mass is 32.2.